The van der Waals surface area contributed by atoms with Crippen LogP contribution in [0.4, 0.5) is 0 Å². The van der Waals surface area contributed by atoms with E-state index in [9.17, 15) is 0 Å². The number of benzene rings is 2. The van der Waals surface area contributed by atoms with Crippen molar-refractivity contribution < 1.29 is 4.74 Å². The van der Waals surface area contributed by atoms with Gasteiger partial charge in [0.05, 0.1) is 6.10 Å². The van der Waals surface area contributed by atoms with Gasteiger partial charge in [0.25, 0.3) is 0 Å². The standard InChI is InChI=1S/C20H26O/c1-3-15-6-10-19(11-7-15)21-20-12-9-17-13-16(4-2)5-8-18(17)14-20/h5,8-9,12-15,19H,3-4,6-7,10-11H2,1-2H3. The van der Waals surface area contributed by atoms with E-state index in [0.29, 0.717) is 6.10 Å². The third kappa shape index (κ3) is 3.40. The lowest BCUT2D eigenvalue weighted by molar-refractivity contribution is 0.130. The van der Waals surface area contributed by atoms with Gasteiger partial charge in [0.15, 0.2) is 0 Å². The summed E-state index contributed by atoms with van der Waals surface area (Å²) in [6, 6.07) is 13.2. The van der Waals surface area contributed by atoms with Crippen LogP contribution in [0.25, 0.3) is 10.8 Å². The number of fused-ring (bicyclic) bond motifs is 1. The summed E-state index contributed by atoms with van der Waals surface area (Å²) in [5.41, 5.74) is 1.40. The Hall–Kier alpha value is -1.50. The molecule has 0 atom stereocenters. The molecule has 21 heavy (non-hydrogen) atoms. The molecule has 1 aliphatic rings. The van der Waals surface area contributed by atoms with E-state index >= 15 is 0 Å². The van der Waals surface area contributed by atoms with Gasteiger partial charge >= 0.3 is 0 Å². The molecule has 2 aromatic rings. The summed E-state index contributed by atoms with van der Waals surface area (Å²) in [4.78, 5) is 0. The lowest BCUT2D eigenvalue weighted by Crippen LogP contribution is -2.23. The van der Waals surface area contributed by atoms with Crippen LogP contribution >= 0.6 is 0 Å². The Kier molecular flexibility index (Phi) is 4.48. The summed E-state index contributed by atoms with van der Waals surface area (Å²) in [6.45, 7) is 4.50. The van der Waals surface area contributed by atoms with E-state index in [-0.39, 0.29) is 0 Å². The Bertz CT molecular complexity index is 594. The van der Waals surface area contributed by atoms with Crippen molar-refractivity contribution in [1.82, 2.24) is 0 Å². The van der Waals surface area contributed by atoms with Crippen LogP contribution < -0.4 is 4.74 Å². The first-order chi connectivity index (χ1) is 10.3. The summed E-state index contributed by atoms with van der Waals surface area (Å²) >= 11 is 0. The van der Waals surface area contributed by atoms with Gasteiger partial charge in [-0.15, -0.1) is 0 Å². The van der Waals surface area contributed by atoms with Crippen LogP contribution in [0.5, 0.6) is 5.75 Å². The SMILES string of the molecule is CCc1ccc2cc(OC3CCC(CC)CC3)ccc2c1. The van der Waals surface area contributed by atoms with E-state index in [1.165, 1.54) is 48.4 Å². The van der Waals surface area contributed by atoms with Gasteiger partial charge in [-0.1, -0.05) is 44.5 Å². The molecule has 0 amide bonds. The minimum atomic E-state index is 0.417. The molecule has 0 bridgehead atoms. The summed E-state index contributed by atoms with van der Waals surface area (Å²) < 4.78 is 6.21. The maximum absolute atomic E-state index is 6.21. The second kappa shape index (κ2) is 6.51. The third-order valence-corrected chi connectivity index (χ3v) is 4.96. The molecule has 1 aliphatic carbocycles. The van der Waals surface area contributed by atoms with Gasteiger partial charge in [-0.05, 0) is 66.5 Å². The zero-order chi connectivity index (χ0) is 14.7. The number of hydrogen-bond acceptors (Lipinski definition) is 1. The minimum Gasteiger partial charge on any atom is -0.490 e. The minimum absolute atomic E-state index is 0.417. The Morgan fingerprint density at radius 1 is 0.905 bits per heavy atom. The van der Waals surface area contributed by atoms with Gasteiger partial charge in [0.1, 0.15) is 5.75 Å². The number of aryl methyl sites for hydroxylation is 1. The Morgan fingerprint density at radius 3 is 2.33 bits per heavy atom. The topological polar surface area (TPSA) is 9.23 Å². The van der Waals surface area contributed by atoms with Crippen LogP contribution in [-0.2, 0) is 6.42 Å². The molecule has 1 nitrogen and oxygen atoms in total. The number of ether oxygens (including phenoxy) is 1. The smallest absolute Gasteiger partial charge is 0.120 e. The average Bonchev–Trinajstić information content (AvgIpc) is 2.55. The zero-order valence-corrected chi connectivity index (χ0v) is 13.3. The van der Waals surface area contributed by atoms with Crippen molar-refractivity contribution in [2.24, 2.45) is 5.92 Å². The van der Waals surface area contributed by atoms with Crippen LogP contribution in [0.15, 0.2) is 36.4 Å². The molecule has 0 aromatic heterocycles. The molecule has 3 rings (SSSR count). The largest absolute Gasteiger partial charge is 0.490 e. The van der Waals surface area contributed by atoms with Crippen molar-refractivity contribution >= 4 is 10.8 Å². The van der Waals surface area contributed by atoms with E-state index in [1.807, 2.05) is 0 Å². The van der Waals surface area contributed by atoms with Crippen LogP contribution in [0.2, 0.25) is 0 Å². The summed E-state index contributed by atoms with van der Waals surface area (Å²) in [5, 5.41) is 2.60. The Balaban J connectivity index is 1.70. The van der Waals surface area contributed by atoms with Gasteiger partial charge in [0, 0.05) is 0 Å². The monoisotopic (exact) mass is 282 g/mol. The van der Waals surface area contributed by atoms with Crippen molar-refractivity contribution in [3.63, 3.8) is 0 Å². The first-order valence-corrected chi connectivity index (χ1v) is 8.47. The van der Waals surface area contributed by atoms with Crippen molar-refractivity contribution in [3.05, 3.63) is 42.0 Å². The van der Waals surface area contributed by atoms with Gasteiger partial charge in [-0.25, -0.2) is 0 Å². The molecule has 0 radical (unpaired) electrons. The predicted molar refractivity (Wildman–Crippen MR) is 90.0 cm³/mol. The first kappa shape index (κ1) is 14.4. The highest BCUT2D eigenvalue weighted by Crippen LogP contribution is 2.30. The molecular formula is C20H26O. The highest BCUT2D eigenvalue weighted by atomic mass is 16.5. The van der Waals surface area contributed by atoms with Crippen LogP contribution in [-0.4, -0.2) is 6.10 Å². The average molecular weight is 282 g/mol. The second-order valence-corrected chi connectivity index (χ2v) is 6.37. The molecule has 2 aromatic carbocycles. The zero-order valence-electron chi connectivity index (χ0n) is 13.3. The van der Waals surface area contributed by atoms with E-state index in [1.54, 1.807) is 0 Å². The molecule has 0 spiro atoms. The van der Waals surface area contributed by atoms with E-state index in [2.05, 4.69) is 50.2 Å². The van der Waals surface area contributed by atoms with Crippen molar-refractivity contribution in [2.45, 2.75) is 58.5 Å². The first-order valence-electron chi connectivity index (χ1n) is 8.47. The molecule has 1 saturated carbocycles. The van der Waals surface area contributed by atoms with E-state index in [0.717, 1.165) is 18.1 Å². The molecule has 0 unspecified atom stereocenters. The maximum Gasteiger partial charge on any atom is 0.120 e. The lowest BCUT2D eigenvalue weighted by atomic mass is 9.86. The maximum atomic E-state index is 6.21. The van der Waals surface area contributed by atoms with Gasteiger partial charge in [-0.3, -0.25) is 0 Å². The highest BCUT2D eigenvalue weighted by molar-refractivity contribution is 5.84. The fraction of sp³-hybridized carbons (Fsp3) is 0.500. The summed E-state index contributed by atoms with van der Waals surface area (Å²) in [6.07, 6.45) is 7.91. The summed E-state index contributed by atoms with van der Waals surface area (Å²) in [5.74, 6) is 1.96. The molecule has 1 fully saturated rings. The predicted octanol–water partition coefficient (Wildman–Crippen LogP) is 5.75. The molecule has 112 valence electrons. The Labute approximate surface area is 128 Å². The van der Waals surface area contributed by atoms with Crippen LogP contribution in [0, 0.1) is 5.92 Å². The summed E-state index contributed by atoms with van der Waals surface area (Å²) in [7, 11) is 0. The highest BCUT2D eigenvalue weighted by Gasteiger charge is 2.21. The second-order valence-electron chi connectivity index (χ2n) is 6.37. The number of rotatable bonds is 4. The Morgan fingerprint density at radius 2 is 1.62 bits per heavy atom. The fourth-order valence-electron chi connectivity index (χ4n) is 3.42. The van der Waals surface area contributed by atoms with Gasteiger partial charge in [-0.2, -0.15) is 0 Å². The fourth-order valence-corrected chi connectivity index (χ4v) is 3.42. The van der Waals surface area contributed by atoms with Crippen LogP contribution in [0.3, 0.4) is 0 Å². The van der Waals surface area contributed by atoms with Crippen molar-refractivity contribution in [2.75, 3.05) is 0 Å². The van der Waals surface area contributed by atoms with E-state index < -0.39 is 0 Å². The normalized spacial score (nSPS) is 22.4. The van der Waals surface area contributed by atoms with Crippen molar-refractivity contribution in [3.8, 4) is 5.75 Å². The lowest BCUT2D eigenvalue weighted by Gasteiger charge is -2.28. The van der Waals surface area contributed by atoms with Gasteiger partial charge < -0.3 is 4.74 Å². The molecule has 0 heterocycles. The van der Waals surface area contributed by atoms with E-state index in [4.69, 9.17) is 4.74 Å². The number of hydrogen-bond donors (Lipinski definition) is 0. The molecule has 0 aliphatic heterocycles. The molecule has 1 heteroatoms. The molecule has 0 N–H and O–H groups in total. The third-order valence-electron chi connectivity index (χ3n) is 4.96. The van der Waals surface area contributed by atoms with Crippen molar-refractivity contribution in [1.29, 1.82) is 0 Å². The van der Waals surface area contributed by atoms with Crippen LogP contribution in [0.1, 0.15) is 51.5 Å². The quantitative estimate of drug-likeness (QED) is 0.693. The molecule has 0 saturated heterocycles. The molecular weight excluding hydrogens is 256 g/mol. The van der Waals surface area contributed by atoms with Gasteiger partial charge in [0.2, 0.25) is 0 Å².